The zero-order valence-electron chi connectivity index (χ0n) is 49.1. The van der Waals surface area contributed by atoms with Gasteiger partial charge in [-0.3, -0.25) is 0 Å². The second-order valence-electron chi connectivity index (χ2n) is 22.8. The molecule has 0 N–H and O–H groups in total. The van der Waals surface area contributed by atoms with Crippen LogP contribution in [0, 0.1) is 0 Å². The standard InChI is InChI=1S/C84H58N2O2S2/c1-3-24-61(4-2)89(62-25-10-5-11-26-62,63-27-12-6-13-28-63)67-43-49-83-75(55-67)73-53-59(41-47-81(73)87-83)85-77-37-22-20-35-69(77)71-51-57(39-45-79(71)85)58-40-46-80-72(52-58)70-36-21-23-38-78(70)86(80)60-42-48-82-74(54-60)76-56-68(44-50-84(76)88-82)90(64-29-14-7-15-30-64,65-31-16-8-17-32-65)66-33-18-9-19-34-66/h3-56H,1-2H2/b61-24+. The summed E-state index contributed by atoms with van der Waals surface area (Å²) in [6.07, 6.45) is 6.01. The van der Waals surface area contributed by atoms with E-state index in [-0.39, 0.29) is 0 Å². The lowest BCUT2D eigenvalue weighted by Gasteiger charge is -2.42. The Hall–Kier alpha value is -11.0. The predicted molar refractivity (Wildman–Crippen MR) is 379 cm³/mol. The van der Waals surface area contributed by atoms with Gasteiger partial charge in [0.15, 0.2) is 0 Å². The van der Waals surface area contributed by atoms with Gasteiger partial charge in [-0.15, -0.1) is 20.1 Å². The molecule has 0 aliphatic carbocycles. The Balaban J connectivity index is 0.778. The van der Waals surface area contributed by atoms with Crippen LogP contribution in [-0.2, 0) is 0 Å². The lowest BCUT2D eigenvalue weighted by Crippen LogP contribution is -2.06. The van der Waals surface area contributed by atoms with Crippen LogP contribution in [0.3, 0.4) is 0 Å². The number of aromatic nitrogens is 2. The van der Waals surface area contributed by atoms with E-state index in [1.807, 2.05) is 12.2 Å². The Kier molecular flexibility index (Phi) is 12.7. The zero-order valence-corrected chi connectivity index (χ0v) is 50.8. The summed E-state index contributed by atoms with van der Waals surface area (Å²) in [7, 11) is -3.93. The minimum atomic E-state index is -2.01. The highest BCUT2D eigenvalue weighted by molar-refractivity contribution is 8.37. The molecule has 0 aliphatic heterocycles. The Morgan fingerprint density at radius 1 is 0.289 bits per heavy atom. The molecule has 0 unspecified atom stereocenters. The van der Waals surface area contributed by atoms with Crippen molar-refractivity contribution >= 4 is 108 Å². The SMILES string of the molecule is C=C/C=C(\C=C)S(c1ccccc1)(c1ccccc1)c1ccc2oc3ccc(-n4c5ccccc5c5cc(-c6ccc7c(c6)c6ccccc6n7-c6ccc7oc8ccc(S(c9ccccc9)(c9ccccc9)c9ccccc9)cc8c7c6)ccc54)cc3c2c1. The summed E-state index contributed by atoms with van der Waals surface area (Å²) >= 11 is 0. The predicted octanol–water partition coefficient (Wildman–Crippen LogP) is 24.2. The number of furan rings is 2. The van der Waals surface area contributed by atoms with Crippen molar-refractivity contribution < 1.29 is 8.83 Å². The molecule has 4 nitrogen and oxygen atoms in total. The van der Waals surface area contributed by atoms with Crippen molar-refractivity contribution in [3.63, 3.8) is 0 Å². The molecule has 0 radical (unpaired) electrons. The summed E-state index contributed by atoms with van der Waals surface area (Å²) in [4.78, 5) is 9.84. The van der Waals surface area contributed by atoms with E-state index in [0.717, 1.165) is 93.4 Å². The van der Waals surface area contributed by atoms with Gasteiger partial charge in [0.05, 0.1) is 22.1 Å². The molecule has 4 heterocycles. The van der Waals surface area contributed by atoms with Gasteiger partial charge in [0.25, 0.3) is 0 Å². The Morgan fingerprint density at radius 2 is 0.644 bits per heavy atom. The summed E-state index contributed by atoms with van der Waals surface area (Å²) in [5, 5.41) is 9.07. The zero-order chi connectivity index (χ0) is 59.9. The minimum Gasteiger partial charge on any atom is -0.456 e. The third-order valence-electron chi connectivity index (χ3n) is 18.1. The second-order valence-corrected chi connectivity index (χ2v) is 29.1. The molecule has 90 heavy (non-hydrogen) atoms. The minimum absolute atomic E-state index is 0.843. The fourth-order valence-electron chi connectivity index (χ4n) is 14.2. The van der Waals surface area contributed by atoms with Crippen LogP contribution in [0.4, 0.5) is 0 Å². The number of rotatable bonds is 13. The van der Waals surface area contributed by atoms with Crippen LogP contribution < -0.4 is 0 Å². The fraction of sp³-hybridized carbons (Fsp3) is 0. The molecule has 0 bridgehead atoms. The molecule has 13 aromatic carbocycles. The van der Waals surface area contributed by atoms with Gasteiger partial charge in [-0.1, -0.05) is 165 Å². The summed E-state index contributed by atoms with van der Waals surface area (Å²) in [6.45, 7) is 8.55. The maximum atomic E-state index is 6.71. The lowest BCUT2D eigenvalue weighted by atomic mass is 10.0. The smallest absolute Gasteiger partial charge is 0.135 e. The first-order valence-corrected chi connectivity index (χ1v) is 33.7. The fourth-order valence-corrected chi connectivity index (χ4v) is 22.0. The van der Waals surface area contributed by atoms with E-state index in [9.17, 15) is 0 Å². The number of allylic oxidation sites excluding steroid dienone is 3. The van der Waals surface area contributed by atoms with Crippen LogP contribution in [0.5, 0.6) is 0 Å². The number of hydrogen-bond donors (Lipinski definition) is 0. The molecule has 428 valence electrons. The molecule has 0 amide bonds. The van der Waals surface area contributed by atoms with Crippen molar-refractivity contribution in [1.82, 2.24) is 9.13 Å². The van der Waals surface area contributed by atoms with Crippen LogP contribution in [0.2, 0.25) is 0 Å². The van der Waals surface area contributed by atoms with Gasteiger partial charge < -0.3 is 18.0 Å². The molecule has 17 rings (SSSR count). The topological polar surface area (TPSA) is 36.1 Å². The molecule has 4 aromatic heterocycles. The number of para-hydroxylation sites is 2. The third-order valence-corrected chi connectivity index (χ3v) is 25.9. The molecule has 6 heteroatoms. The number of nitrogens with zero attached hydrogens (tertiary/aromatic N) is 2. The number of hydrogen-bond acceptors (Lipinski definition) is 2. The van der Waals surface area contributed by atoms with Crippen molar-refractivity contribution in [2.24, 2.45) is 0 Å². The first-order chi connectivity index (χ1) is 44.5. The molecule has 0 atom stereocenters. The quantitative estimate of drug-likeness (QED) is 0.108. The van der Waals surface area contributed by atoms with Crippen LogP contribution in [-0.4, -0.2) is 9.13 Å². The monoisotopic (exact) mass is 1190 g/mol. The van der Waals surface area contributed by atoms with Gasteiger partial charge in [-0.25, -0.2) is 0 Å². The Bertz CT molecular complexity index is 5560. The van der Waals surface area contributed by atoms with Crippen LogP contribution >= 0.6 is 20.1 Å². The highest BCUT2D eigenvalue weighted by Crippen LogP contribution is 2.75. The second kappa shape index (κ2) is 21.4. The van der Waals surface area contributed by atoms with Crippen molar-refractivity contribution in [2.45, 2.75) is 34.3 Å². The van der Waals surface area contributed by atoms with Gasteiger partial charge in [-0.05, 0) is 187 Å². The molecular formula is C84H58N2O2S2. The summed E-state index contributed by atoms with van der Waals surface area (Å²) in [5.74, 6) is 0. The molecule has 0 saturated heterocycles. The third kappa shape index (κ3) is 8.12. The van der Waals surface area contributed by atoms with E-state index < -0.39 is 20.1 Å². The number of fused-ring (bicyclic) bond motifs is 12. The van der Waals surface area contributed by atoms with Gasteiger partial charge in [0.2, 0.25) is 0 Å². The van der Waals surface area contributed by atoms with Crippen molar-refractivity contribution in [2.75, 3.05) is 0 Å². The first-order valence-electron chi connectivity index (χ1n) is 30.4. The van der Waals surface area contributed by atoms with Gasteiger partial charge in [0, 0.05) is 93.6 Å². The van der Waals surface area contributed by atoms with Crippen molar-refractivity contribution in [1.29, 1.82) is 0 Å². The Labute approximate surface area is 524 Å². The highest BCUT2D eigenvalue weighted by Gasteiger charge is 2.36. The largest absolute Gasteiger partial charge is 0.456 e. The lowest BCUT2D eigenvalue weighted by molar-refractivity contribution is 0.668. The highest BCUT2D eigenvalue weighted by atomic mass is 32.3. The first kappa shape index (κ1) is 53.2. The normalized spacial score (nSPS) is 12.7. The van der Waals surface area contributed by atoms with Gasteiger partial charge >= 0.3 is 0 Å². The number of benzene rings is 13. The molecular weight excluding hydrogens is 1130 g/mol. The van der Waals surface area contributed by atoms with E-state index in [4.69, 9.17) is 8.83 Å². The van der Waals surface area contributed by atoms with Gasteiger partial charge in [0.1, 0.15) is 22.3 Å². The average molecular weight is 1190 g/mol. The van der Waals surface area contributed by atoms with E-state index in [1.165, 1.54) is 55.8 Å². The molecule has 0 fully saturated rings. The maximum Gasteiger partial charge on any atom is 0.135 e. The van der Waals surface area contributed by atoms with Crippen LogP contribution in [0.1, 0.15) is 0 Å². The average Bonchev–Trinajstić information content (AvgIpc) is 1.23. The summed E-state index contributed by atoms with van der Waals surface area (Å²) < 4.78 is 18.2. The Morgan fingerprint density at radius 3 is 1.07 bits per heavy atom. The van der Waals surface area contributed by atoms with E-state index >= 15 is 0 Å². The maximum absolute atomic E-state index is 6.71. The van der Waals surface area contributed by atoms with E-state index in [1.54, 1.807) is 0 Å². The summed E-state index contributed by atoms with van der Waals surface area (Å²) in [6, 6.07) is 113. The molecule has 0 saturated carbocycles. The van der Waals surface area contributed by atoms with E-state index in [0.29, 0.717) is 0 Å². The summed E-state index contributed by atoms with van der Waals surface area (Å²) in [5.41, 5.74) is 12.4. The molecule has 0 aliphatic rings. The van der Waals surface area contributed by atoms with E-state index in [2.05, 4.69) is 338 Å². The van der Waals surface area contributed by atoms with Gasteiger partial charge in [-0.2, -0.15) is 0 Å². The molecule has 17 aromatic rings. The van der Waals surface area contributed by atoms with Crippen LogP contribution in [0.15, 0.2) is 389 Å². The van der Waals surface area contributed by atoms with Crippen molar-refractivity contribution in [3.8, 4) is 22.5 Å². The molecule has 0 spiro atoms. The van der Waals surface area contributed by atoms with Crippen LogP contribution in [0.25, 0.3) is 110 Å². The van der Waals surface area contributed by atoms with Crippen molar-refractivity contribution in [3.05, 3.63) is 346 Å².